The van der Waals surface area contributed by atoms with Crippen molar-refractivity contribution in [3.8, 4) is 0 Å². The first kappa shape index (κ1) is 39.7. The van der Waals surface area contributed by atoms with E-state index in [0.717, 1.165) is 33.0 Å². The molecule has 3 fully saturated rings. The number of carbonyl (C=O) groups is 2. The molecule has 4 aromatic rings. The van der Waals surface area contributed by atoms with Crippen LogP contribution < -0.4 is 16.6 Å². The summed E-state index contributed by atoms with van der Waals surface area (Å²) < 4.78 is 52.5. The number of anilines is 2. The van der Waals surface area contributed by atoms with Gasteiger partial charge in [0.05, 0.1) is 25.9 Å². The highest BCUT2D eigenvalue weighted by Crippen LogP contribution is 2.61. The number of fused-ring (bicyclic) bond motifs is 2. The second-order valence-corrected chi connectivity index (χ2v) is 15.7. The minimum absolute atomic E-state index is 0.00143. The van der Waals surface area contributed by atoms with E-state index in [9.17, 15) is 58.8 Å². The number of phosphoric acid groups is 2. The SMILES string of the molecule is Nc1nc2c(ncn2[C@@H]2O[C@H](COP(=O)(O)OP(=O)(O)OC[C@H]3O[C@@H](n4cnc5c(NC(=O)N6CCC[C@H]6C(=O)O)ncnc54)C(O)[C@H]3O)[C@H](O)C2O)c(=O)[nH]1. The summed E-state index contributed by atoms with van der Waals surface area (Å²) in [4.78, 5) is 80.2. The zero-order chi connectivity index (χ0) is 40.3. The number of ether oxygens (including phenoxy) is 2. The van der Waals surface area contributed by atoms with E-state index in [1.165, 1.54) is 0 Å². The Balaban J connectivity index is 0.948. The molecule has 11 atom stereocenters. The third-order valence-corrected chi connectivity index (χ3v) is 11.7. The van der Waals surface area contributed by atoms with Crippen molar-refractivity contribution in [3.05, 3.63) is 29.3 Å². The second kappa shape index (κ2) is 15.1. The Morgan fingerprint density at radius 2 is 1.46 bits per heavy atom. The number of hydrogen-bond donors (Lipinski definition) is 10. The molecule has 0 aromatic carbocycles. The molecule has 3 saturated heterocycles. The van der Waals surface area contributed by atoms with Gasteiger partial charge in [0.1, 0.15) is 49.0 Å². The number of carboxylic acids is 1. The van der Waals surface area contributed by atoms with Gasteiger partial charge in [0, 0.05) is 6.54 Å². The number of rotatable bonds is 12. The Labute approximate surface area is 310 Å². The van der Waals surface area contributed by atoms with Crippen LogP contribution in [0.4, 0.5) is 16.6 Å². The van der Waals surface area contributed by atoms with Gasteiger partial charge in [-0.1, -0.05) is 0 Å². The Morgan fingerprint density at radius 1 is 0.893 bits per heavy atom. The number of nitrogens with two attached hydrogens (primary N) is 1. The Bertz CT molecular complexity index is 2310. The number of aromatic nitrogens is 8. The molecule has 3 aliphatic rings. The summed E-state index contributed by atoms with van der Waals surface area (Å²) in [6.07, 6.45) is -8.98. The lowest BCUT2D eigenvalue weighted by atomic mass is 10.1. The number of aliphatic hydroxyl groups is 4. The molecule has 0 aliphatic carbocycles. The van der Waals surface area contributed by atoms with Gasteiger partial charge >= 0.3 is 27.6 Å². The monoisotopic (exact) mass is 833 g/mol. The molecule has 7 heterocycles. The maximum atomic E-state index is 12.8. The maximum Gasteiger partial charge on any atom is 0.481 e. The molecule has 304 valence electrons. The van der Waals surface area contributed by atoms with Crippen LogP contribution >= 0.6 is 15.6 Å². The number of carbonyl (C=O) groups excluding carboxylic acids is 1. The summed E-state index contributed by atoms with van der Waals surface area (Å²) >= 11 is 0. The van der Waals surface area contributed by atoms with Crippen LogP contribution in [0.15, 0.2) is 23.8 Å². The van der Waals surface area contributed by atoms with Crippen molar-refractivity contribution >= 4 is 61.7 Å². The van der Waals surface area contributed by atoms with Gasteiger partial charge < -0.3 is 55.4 Å². The number of phosphoric ester groups is 2. The fourth-order valence-electron chi connectivity index (χ4n) is 6.40. The molecule has 4 aromatic heterocycles. The van der Waals surface area contributed by atoms with E-state index in [2.05, 4.69) is 39.5 Å². The van der Waals surface area contributed by atoms with E-state index in [4.69, 9.17) is 24.3 Å². The van der Waals surface area contributed by atoms with Crippen molar-refractivity contribution in [2.45, 2.75) is 68.0 Å². The standard InChI is InChI=1S/C26H33N11O17P2/c27-25-33-20-13(21(42)34-25)31-8-37(20)23-17(41)15(39)11(53-23)5-51-56(48,49)54-55(46,47)50-4-10-14(38)16(40)22(52-10)36-7-30-12-18(28-6-29-19(12)36)32-26(45)35-3-1-2-9(35)24(43)44/h6-11,14-17,22-23,38-41H,1-5H2,(H,43,44)(H,46,47)(H,48,49)(H3,27,33,34,42)(H,28,29,32,45)/t9-,10+,11+,14-,15-,16?,17?,22+,23+/m0/s1. The number of imidazole rings is 2. The van der Waals surface area contributed by atoms with Gasteiger partial charge in [-0.2, -0.15) is 9.29 Å². The predicted octanol–water partition coefficient (Wildman–Crippen LogP) is -2.89. The average molecular weight is 834 g/mol. The lowest BCUT2D eigenvalue weighted by Gasteiger charge is -2.21. The number of urea groups is 1. The van der Waals surface area contributed by atoms with E-state index in [1.54, 1.807) is 0 Å². The van der Waals surface area contributed by atoms with Gasteiger partial charge in [-0.25, -0.2) is 38.7 Å². The molecule has 56 heavy (non-hydrogen) atoms. The zero-order valence-electron chi connectivity index (χ0n) is 28.2. The van der Waals surface area contributed by atoms with Crippen LogP contribution in [0.25, 0.3) is 22.3 Å². The lowest BCUT2D eigenvalue weighted by Crippen LogP contribution is -2.42. The predicted molar refractivity (Wildman–Crippen MR) is 179 cm³/mol. The maximum absolute atomic E-state index is 12.8. The quantitative estimate of drug-likeness (QED) is 0.0640. The van der Waals surface area contributed by atoms with Crippen molar-refractivity contribution in [3.63, 3.8) is 0 Å². The minimum Gasteiger partial charge on any atom is -0.480 e. The summed E-state index contributed by atoms with van der Waals surface area (Å²) in [6, 6.07) is -1.78. The van der Waals surface area contributed by atoms with Gasteiger partial charge in [0.25, 0.3) is 5.56 Å². The first-order valence-electron chi connectivity index (χ1n) is 16.3. The molecule has 28 nitrogen and oxygen atoms in total. The Hall–Kier alpha value is -4.54. The third-order valence-electron chi connectivity index (χ3n) is 9.07. The van der Waals surface area contributed by atoms with E-state index >= 15 is 0 Å². The number of hydrogen-bond acceptors (Lipinski definition) is 20. The number of aliphatic carboxylic acids is 1. The first-order valence-corrected chi connectivity index (χ1v) is 19.3. The number of H-pyrrole nitrogens is 1. The molecule has 3 aliphatic heterocycles. The smallest absolute Gasteiger partial charge is 0.480 e. The molecular formula is C26H33N11O17P2. The van der Waals surface area contributed by atoms with Crippen LogP contribution in [0.2, 0.25) is 0 Å². The molecule has 4 unspecified atom stereocenters. The topological polar surface area (TPSA) is 404 Å². The fraction of sp³-hybridized carbons (Fsp3) is 0.538. The van der Waals surface area contributed by atoms with Crippen molar-refractivity contribution in [2.75, 3.05) is 30.8 Å². The molecule has 0 spiro atoms. The van der Waals surface area contributed by atoms with Gasteiger partial charge in [-0.3, -0.25) is 33.3 Å². The number of amides is 2. The van der Waals surface area contributed by atoms with Crippen molar-refractivity contribution < 1.29 is 76.9 Å². The van der Waals surface area contributed by atoms with Crippen LogP contribution in [-0.4, -0.2) is 154 Å². The van der Waals surface area contributed by atoms with Crippen LogP contribution in [0.3, 0.4) is 0 Å². The largest absolute Gasteiger partial charge is 0.481 e. The molecule has 7 rings (SSSR count). The Morgan fingerprint density at radius 3 is 2.05 bits per heavy atom. The normalized spacial score (nSPS) is 30.2. The van der Waals surface area contributed by atoms with E-state index in [0.29, 0.717) is 6.42 Å². The molecule has 30 heteroatoms. The first-order chi connectivity index (χ1) is 26.4. The number of likely N-dealkylation sites (tertiary alicyclic amines) is 1. The molecule has 2 amide bonds. The number of aromatic amines is 1. The highest BCUT2D eigenvalue weighted by atomic mass is 31.3. The van der Waals surface area contributed by atoms with Crippen molar-refractivity contribution in [1.29, 1.82) is 0 Å². The summed E-state index contributed by atoms with van der Waals surface area (Å²) in [5.74, 6) is -1.55. The minimum atomic E-state index is -5.50. The number of nitrogens with zero attached hydrogens (tertiary/aromatic N) is 8. The zero-order valence-corrected chi connectivity index (χ0v) is 30.0. The summed E-state index contributed by atoms with van der Waals surface area (Å²) in [7, 11) is -11.0. The number of nitrogens with one attached hydrogen (secondary N) is 2. The second-order valence-electron chi connectivity index (χ2n) is 12.6. The van der Waals surface area contributed by atoms with Gasteiger partial charge in [0.15, 0.2) is 40.6 Å². The molecule has 0 saturated carbocycles. The van der Waals surface area contributed by atoms with Crippen molar-refractivity contribution in [1.82, 2.24) is 43.9 Å². The molecule has 0 bridgehead atoms. The van der Waals surface area contributed by atoms with E-state index in [1.807, 2.05) is 0 Å². The summed E-state index contributed by atoms with van der Waals surface area (Å²) in [5, 5.41) is 54.4. The average Bonchev–Trinajstić information content (AvgIpc) is 3.96. The van der Waals surface area contributed by atoms with Gasteiger partial charge in [0.2, 0.25) is 5.95 Å². The number of carboxylic acid groups (broad SMARTS) is 1. The van der Waals surface area contributed by atoms with E-state index < -0.39 is 102 Å². The van der Waals surface area contributed by atoms with Gasteiger partial charge in [-0.05, 0) is 12.8 Å². The van der Waals surface area contributed by atoms with E-state index in [-0.39, 0.29) is 47.1 Å². The van der Waals surface area contributed by atoms with Gasteiger partial charge in [-0.15, -0.1) is 0 Å². The fourth-order valence-corrected chi connectivity index (χ4v) is 8.50. The highest BCUT2D eigenvalue weighted by Gasteiger charge is 2.48. The molecule has 11 N–H and O–H groups in total. The van der Waals surface area contributed by atoms with Crippen LogP contribution in [-0.2, 0) is 36.8 Å². The van der Waals surface area contributed by atoms with Crippen LogP contribution in [0.5, 0.6) is 0 Å². The number of nitrogen functional groups attached to an aromatic ring is 1. The Kier molecular flexibility index (Phi) is 10.7. The van der Waals surface area contributed by atoms with Crippen LogP contribution in [0.1, 0.15) is 25.3 Å². The summed E-state index contributed by atoms with van der Waals surface area (Å²) in [6.45, 7) is -1.79. The number of aliphatic hydroxyl groups excluding tert-OH is 4. The third kappa shape index (κ3) is 7.62. The highest BCUT2D eigenvalue weighted by molar-refractivity contribution is 7.61. The summed E-state index contributed by atoms with van der Waals surface area (Å²) in [5.41, 5.74) is 4.57. The molecule has 0 radical (unpaired) electrons. The molecular weight excluding hydrogens is 800 g/mol. The lowest BCUT2D eigenvalue weighted by molar-refractivity contribution is -0.141. The van der Waals surface area contributed by atoms with Crippen LogP contribution in [0, 0.1) is 0 Å². The van der Waals surface area contributed by atoms with Crippen molar-refractivity contribution in [2.24, 2.45) is 0 Å².